The number of carbonyl (C=O) groups is 2. The van der Waals surface area contributed by atoms with E-state index in [2.05, 4.69) is 10.6 Å². The highest BCUT2D eigenvalue weighted by molar-refractivity contribution is 6.17. The number of aryl methyl sites for hydroxylation is 2. The van der Waals surface area contributed by atoms with Gasteiger partial charge in [-0.05, 0) is 50.5 Å². The van der Waals surface area contributed by atoms with Crippen LogP contribution < -0.4 is 20.1 Å². The molecule has 2 aliphatic rings. The maximum Gasteiger partial charge on any atom is 0.240 e. The zero-order valence-corrected chi connectivity index (χ0v) is 15.4. The van der Waals surface area contributed by atoms with E-state index < -0.39 is 5.41 Å². The van der Waals surface area contributed by atoms with E-state index in [1.54, 1.807) is 18.2 Å². The van der Waals surface area contributed by atoms with Gasteiger partial charge < -0.3 is 20.1 Å². The van der Waals surface area contributed by atoms with Crippen molar-refractivity contribution >= 4 is 23.2 Å². The van der Waals surface area contributed by atoms with Gasteiger partial charge in [-0.2, -0.15) is 0 Å². The van der Waals surface area contributed by atoms with Crippen LogP contribution in [-0.4, -0.2) is 25.0 Å². The summed E-state index contributed by atoms with van der Waals surface area (Å²) in [6.45, 7) is 4.94. The minimum atomic E-state index is -1.01. The molecule has 2 aromatic rings. The fourth-order valence-corrected chi connectivity index (χ4v) is 3.25. The van der Waals surface area contributed by atoms with Crippen LogP contribution in [0.25, 0.3) is 0 Å². The zero-order chi connectivity index (χ0) is 19.0. The largest absolute Gasteiger partial charge is 0.486 e. The third-order valence-corrected chi connectivity index (χ3v) is 5.05. The Morgan fingerprint density at radius 2 is 1.59 bits per heavy atom. The van der Waals surface area contributed by atoms with Crippen molar-refractivity contribution in [2.24, 2.45) is 5.41 Å². The molecule has 27 heavy (non-hydrogen) atoms. The van der Waals surface area contributed by atoms with Crippen molar-refractivity contribution in [1.29, 1.82) is 0 Å². The van der Waals surface area contributed by atoms with Crippen LogP contribution in [0.3, 0.4) is 0 Å². The topological polar surface area (TPSA) is 76.7 Å². The number of anilines is 2. The zero-order valence-electron chi connectivity index (χ0n) is 15.4. The summed E-state index contributed by atoms with van der Waals surface area (Å²) in [5, 5.41) is 5.76. The molecule has 0 atom stereocenters. The molecule has 0 aromatic heterocycles. The number of amides is 2. The number of fused-ring (bicyclic) bond motifs is 1. The lowest BCUT2D eigenvalue weighted by Gasteiger charge is -2.20. The van der Waals surface area contributed by atoms with E-state index in [0.717, 1.165) is 16.8 Å². The molecule has 6 heteroatoms. The average molecular weight is 366 g/mol. The highest BCUT2D eigenvalue weighted by Crippen LogP contribution is 2.48. The minimum Gasteiger partial charge on any atom is -0.486 e. The smallest absolute Gasteiger partial charge is 0.240 e. The summed E-state index contributed by atoms with van der Waals surface area (Å²) in [5.74, 6) is 0.711. The summed E-state index contributed by atoms with van der Waals surface area (Å²) < 4.78 is 11.0. The van der Waals surface area contributed by atoms with Crippen LogP contribution in [0.15, 0.2) is 36.4 Å². The van der Waals surface area contributed by atoms with E-state index >= 15 is 0 Å². The number of nitrogens with one attached hydrogen (secondary N) is 2. The monoisotopic (exact) mass is 366 g/mol. The number of rotatable bonds is 4. The molecular weight excluding hydrogens is 344 g/mol. The number of carbonyl (C=O) groups excluding carboxylic acids is 2. The Balaban J connectivity index is 1.47. The second kappa shape index (κ2) is 6.61. The summed E-state index contributed by atoms with van der Waals surface area (Å²) in [6.07, 6.45) is 1.08. The molecule has 2 aromatic carbocycles. The van der Waals surface area contributed by atoms with E-state index in [9.17, 15) is 9.59 Å². The first-order valence-electron chi connectivity index (χ1n) is 9.08. The van der Waals surface area contributed by atoms with Crippen molar-refractivity contribution < 1.29 is 19.1 Å². The van der Waals surface area contributed by atoms with Gasteiger partial charge in [-0.25, -0.2) is 0 Å². The molecule has 0 saturated heterocycles. The van der Waals surface area contributed by atoms with Gasteiger partial charge in [-0.15, -0.1) is 0 Å². The first-order chi connectivity index (χ1) is 13.0. The minimum absolute atomic E-state index is 0.260. The lowest BCUT2D eigenvalue weighted by atomic mass is 10.0. The van der Waals surface area contributed by atoms with Gasteiger partial charge >= 0.3 is 0 Å². The highest BCUT2D eigenvalue weighted by atomic mass is 16.6. The molecule has 1 heterocycles. The Hall–Kier alpha value is -3.02. The maximum atomic E-state index is 12.8. The van der Waals surface area contributed by atoms with Gasteiger partial charge in [0.2, 0.25) is 11.8 Å². The van der Waals surface area contributed by atoms with Gasteiger partial charge in [0.05, 0.1) is 0 Å². The quantitative estimate of drug-likeness (QED) is 0.813. The summed E-state index contributed by atoms with van der Waals surface area (Å²) in [5.41, 5.74) is 2.43. The second-order valence-corrected chi connectivity index (χ2v) is 7.17. The molecule has 4 rings (SSSR count). The number of hydrogen-bond donors (Lipinski definition) is 2. The lowest BCUT2D eigenvalue weighted by molar-refractivity contribution is -0.131. The number of ether oxygens (including phenoxy) is 2. The van der Waals surface area contributed by atoms with Crippen LogP contribution in [0.4, 0.5) is 11.4 Å². The molecule has 0 unspecified atom stereocenters. The molecule has 1 aliphatic heterocycles. The molecule has 140 valence electrons. The normalized spacial score (nSPS) is 16.4. The maximum absolute atomic E-state index is 12.8. The summed E-state index contributed by atoms with van der Waals surface area (Å²) >= 11 is 0. The first-order valence-corrected chi connectivity index (χ1v) is 9.08. The molecular formula is C21H22N2O4. The summed E-state index contributed by atoms with van der Waals surface area (Å²) in [4.78, 5) is 25.6. The first kappa shape index (κ1) is 17.4. The Morgan fingerprint density at radius 1 is 0.889 bits per heavy atom. The van der Waals surface area contributed by atoms with Crippen molar-refractivity contribution in [2.45, 2.75) is 26.7 Å². The van der Waals surface area contributed by atoms with Gasteiger partial charge in [0.1, 0.15) is 18.6 Å². The van der Waals surface area contributed by atoms with Crippen LogP contribution in [0.1, 0.15) is 24.0 Å². The van der Waals surface area contributed by atoms with E-state index in [1.165, 1.54) is 0 Å². The van der Waals surface area contributed by atoms with Crippen LogP contribution in [-0.2, 0) is 9.59 Å². The third kappa shape index (κ3) is 3.35. The van der Waals surface area contributed by atoms with E-state index in [4.69, 9.17) is 9.47 Å². The fourth-order valence-electron chi connectivity index (χ4n) is 3.25. The van der Waals surface area contributed by atoms with Crippen molar-refractivity contribution in [1.82, 2.24) is 0 Å². The predicted molar refractivity (Wildman–Crippen MR) is 102 cm³/mol. The van der Waals surface area contributed by atoms with E-state index in [1.807, 2.05) is 32.0 Å². The van der Waals surface area contributed by atoms with E-state index in [0.29, 0.717) is 43.2 Å². The van der Waals surface area contributed by atoms with Gasteiger partial charge in [0, 0.05) is 17.4 Å². The van der Waals surface area contributed by atoms with Crippen LogP contribution in [0, 0.1) is 19.3 Å². The van der Waals surface area contributed by atoms with Crippen molar-refractivity contribution in [3.8, 4) is 11.5 Å². The standard InChI is InChI=1S/C21H22N2O4/c1-13-3-5-16(14(2)11-13)23-20(25)21(7-8-21)19(24)22-15-4-6-17-18(12-15)27-10-9-26-17/h3-6,11-12H,7-10H2,1-2H3,(H,22,24)(H,23,25). The van der Waals surface area contributed by atoms with Crippen molar-refractivity contribution in [3.05, 3.63) is 47.5 Å². The SMILES string of the molecule is Cc1ccc(NC(=O)C2(C(=O)Nc3ccc4c(c3)OCCO4)CC2)c(C)c1. The summed E-state index contributed by atoms with van der Waals surface area (Å²) in [7, 11) is 0. The third-order valence-electron chi connectivity index (χ3n) is 5.05. The van der Waals surface area contributed by atoms with Gasteiger partial charge in [-0.1, -0.05) is 17.7 Å². The van der Waals surface area contributed by atoms with Crippen LogP contribution >= 0.6 is 0 Å². The Bertz CT molecular complexity index is 918. The Morgan fingerprint density at radius 3 is 2.30 bits per heavy atom. The van der Waals surface area contributed by atoms with Gasteiger partial charge in [0.15, 0.2) is 11.5 Å². The van der Waals surface area contributed by atoms with Gasteiger partial charge in [0.25, 0.3) is 0 Å². The molecule has 1 fully saturated rings. The van der Waals surface area contributed by atoms with Crippen molar-refractivity contribution in [3.63, 3.8) is 0 Å². The van der Waals surface area contributed by atoms with Crippen molar-refractivity contribution in [2.75, 3.05) is 23.8 Å². The number of benzene rings is 2. The Kier molecular flexibility index (Phi) is 4.26. The van der Waals surface area contributed by atoms with Crippen LogP contribution in [0.2, 0.25) is 0 Å². The van der Waals surface area contributed by atoms with E-state index in [-0.39, 0.29) is 11.8 Å². The molecule has 0 radical (unpaired) electrons. The lowest BCUT2D eigenvalue weighted by Crippen LogP contribution is -2.35. The average Bonchev–Trinajstić information content (AvgIpc) is 3.46. The number of hydrogen-bond acceptors (Lipinski definition) is 4. The van der Waals surface area contributed by atoms with Crippen LogP contribution in [0.5, 0.6) is 11.5 Å². The molecule has 2 N–H and O–H groups in total. The summed E-state index contributed by atoms with van der Waals surface area (Å²) in [6, 6.07) is 11.1. The molecule has 1 saturated carbocycles. The Labute approximate surface area is 157 Å². The second-order valence-electron chi connectivity index (χ2n) is 7.17. The highest BCUT2D eigenvalue weighted by Gasteiger charge is 2.56. The fraction of sp³-hybridized carbons (Fsp3) is 0.333. The molecule has 0 spiro atoms. The molecule has 1 aliphatic carbocycles. The molecule has 0 bridgehead atoms. The molecule has 2 amide bonds. The van der Waals surface area contributed by atoms with Gasteiger partial charge in [-0.3, -0.25) is 9.59 Å². The predicted octanol–water partition coefficient (Wildman–Crippen LogP) is 3.43. The molecule has 6 nitrogen and oxygen atoms in total.